The van der Waals surface area contributed by atoms with Gasteiger partial charge in [-0.3, -0.25) is 0 Å². The van der Waals surface area contributed by atoms with Crippen LogP contribution in [0.3, 0.4) is 0 Å². The van der Waals surface area contributed by atoms with Crippen LogP contribution in [0.1, 0.15) is 5.56 Å². The summed E-state index contributed by atoms with van der Waals surface area (Å²) >= 11 is -0.493. The van der Waals surface area contributed by atoms with Gasteiger partial charge in [0.2, 0.25) is 0 Å². The van der Waals surface area contributed by atoms with Crippen LogP contribution in [0.25, 0.3) is 0 Å². The summed E-state index contributed by atoms with van der Waals surface area (Å²) in [4.78, 5) is 0. The molecule has 0 atom stereocenters. The molecule has 0 amide bonds. The standard InChI is InChI=1S/C7H6S.2ClH.2Hg/c1-2-3-7-4-5-8-6-7;;;;/h2,4H,1,3H2;2*1H;;/q;;;2*+1/p-2. The van der Waals surface area contributed by atoms with Gasteiger partial charge in [0.15, 0.2) is 0 Å². The molecule has 1 rings (SSSR count). The van der Waals surface area contributed by atoms with Crippen molar-refractivity contribution < 1.29 is 46.7 Å². The first-order chi connectivity index (χ1) is 5.81. The predicted octanol–water partition coefficient (Wildman–Crippen LogP) is 2.20. The third-order valence-electron chi connectivity index (χ3n) is 1.56. The van der Waals surface area contributed by atoms with Gasteiger partial charge in [0.1, 0.15) is 0 Å². The van der Waals surface area contributed by atoms with Gasteiger partial charge in [0, 0.05) is 0 Å². The molecule has 0 spiro atoms. The first-order valence-electron chi connectivity index (χ1n) is 3.65. The maximum atomic E-state index is 6.02. The second kappa shape index (κ2) is 6.39. The van der Waals surface area contributed by atoms with Crippen LogP contribution < -0.4 is 4.77 Å². The van der Waals surface area contributed by atoms with Crippen molar-refractivity contribution in [2.75, 3.05) is 0 Å². The molecule has 12 heavy (non-hydrogen) atoms. The van der Waals surface area contributed by atoms with Crippen molar-refractivity contribution in [1.29, 1.82) is 0 Å². The summed E-state index contributed by atoms with van der Waals surface area (Å²) in [6, 6.07) is 2.26. The van der Waals surface area contributed by atoms with Gasteiger partial charge < -0.3 is 0 Å². The zero-order valence-corrected chi connectivity index (χ0v) is 20.0. The fourth-order valence-corrected chi connectivity index (χ4v) is 24.6. The maximum absolute atomic E-state index is 6.02. The zero-order valence-electron chi connectivity index (χ0n) is 6.65. The van der Waals surface area contributed by atoms with Crippen molar-refractivity contribution in [1.82, 2.24) is 0 Å². The zero-order chi connectivity index (χ0) is 8.97. The Hall–Kier alpha value is 1.89. The van der Waals surface area contributed by atoms with Crippen molar-refractivity contribution in [3.8, 4) is 0 Å². The van der Waals surface area contributed by atoms with Crippen LogP contribution in [0.5, 0.6) is 0 Å². The van der Waals surface area contributed by atoms with Gasteiger partial charge in [-0.1, -0.05) is 0 Å². The molecule has 0 aromatic carbocycles. The first kappa shape index (κ1) is 12.0. The molecule has 1 aromatic heterocycles. The quantitative estimate of drug-likeness (QED) is 0.371. The topological polar surface area (TPSA) is 0 Å². The van der Waals surface area contributed by atoms with Crippen LogP contribution in [-0.4, -0.2) is 0 Å². The summed E-state index contributed by atoms with van der Waals surface area (Å²) in [7, 11) is 12.0. The van der Waals surface area contributed by atoms with E-state index < -0.39 is 46.7 Å². The fraction of sp³-hybridized carbons (Fsp3) is 0.143. The second-order valence-corrected chi connectivity index (χ2v) is 20.1. The Morgan fingerprint density at radius 3 is 2.75 bits per heavy atom. The summed E-state index contributed by atoms with van der Waals surface area (Å²) in [6.45, 7) is 3.74. The monoisotopic (exact) mass is 596 g/mol. The molecule has 0 saturated heterocycles. The van der Waals surface area contributed by atoms with Crippen molar-refractivity contribution in [2.24, 2.45) is 0 Å². The van der Waals surface area contributed by atoms with Crippen LogP contribution >= 0.6 is 27.8 Å². The molecule has 0 fully saturated rings. The van der Waals surface area contributed by atoms with Gasteiger partial charge in [-0.05, 0) is 0 Å². The van der Waals surface area contributed by atoms with Crippen LogP contribution in [0.15, 0.2) is 18.7 Å². The van der Waals surface area contributed by atoms with Crippen LogP contribution in [0.4, 0.5) is 0 Å². The third-order valence-corrected chi connectivity index (χ3v) is 20.5. The molecule has 0 saturated carbocycles. The number of hydrogen-bond acceptors (Lipinski definition) is 1. The summed E-state index contributed by atoms with van der Waals surface area (Å²) in [5, 5.41) is 0. The molecule has 0 aliphatic rings. The molecular formula is C7H6Cl2Hg2S. The fourth-order valence-electron chi connectivity index (χ4n) is 1.04. The van der Waals surface area contributed by atoms with Crippen molar-refractivity contribution in [2.45, 2.75) is 6.42 Å². The van der Waals surface area contributed by atoms with E-state index in [1.807, 2.05) is 17.4 Å². The van der Waals surface area contributed by atoms with E-state index in [1.165, 1.54) is 10.3 Å². The molecule has 58 valence electrons. The van der Waals surface area contributed by atoms with Gasteiger partial charge in [-0.15, -0.1) is 0 Å². The van der Waals surface area contributed by atoms with Gasteiger partial charge in [0.25, 0.3) is 0 Å². The molecule has 1 heterocycles. The van der Waals surface area contributed by atoms with Gasteiger partial charge >= 0.3 is 110 Å². The number of thiophene rings is 1. The van der Waals surface area contributed by atoms with E-state index in [4.69, 9.17) is 16.5 Å². The van der Waals surface area contributed by atoms with E-state index in [1.54, 1.807) is 0 Å². The SMILES string of the molecule is C=CCc1c[c]([Hg][Cl])s[c]1[Hg][Cl]. The van der Waals surface area contributed by atoms with E-state index in [0.717, 1.165) is 6.42 Å². The Labute approximate surface area is 108 Å². The Morgan fingerprint density at radius 2 is 2.25 bits per heavy atom. The Bertz CT molecular complexity index is 272. The van der Waals surface area contributed by atoms with Crippen LogP contribution in [-0.2, 0) is 53.1 Å². The van der Waals surface area contributed by atoms with E-state index in [2.05, 4.69) is 12.6 Å². The molecular weight excluding hydrogens is 588 g/mol. The summed E-state index contributed by atoms with van der Waals surface area (Å²) < 4.78 is 2.95. The average molecular weight is 594 g/mol. The Balaban J connectivity index is 2.91. The molecule has 0 radical (unpaired) electrons. The molecule has 0 unspecified atom stereocenters. The number of rotatable bonds is 4. The van der Waals surface area contributed by atoms with Crippen molar-refractivity contribution in [3.05, 3.63) is 24.3 Å². The molecule has 0 nitrogen and oxygen atoms in total. The summed E-state index contributed by atoms with van der Waals surface area (Å²) in [6.07, 6.45) is 2.92. The molecule has 0 bridgehead atoms. The van der Waals surface area contributed by atoms with Crippen LogP contribution in [0, 0.1) is 0 Å². The average Bonchev–Trinajstić information content (AvgIpc) is 2.48. The summed E-state index contributed by atoms with van der Waals surface area (Å²) in [5.41, 5.74) is 1.42. The van der Waals surface area contributed by atoms with E-state index in [0.29, 0.717) is 0 Å². The summed E-state index contributed by atoms with van der Waals surface area (Å²) in [5.74, 6) is 0. The van der Waals surface area contributed by atoms with E-state index in [-0.39, 0.29) is 0 Å². The Kier molecular flexibility index (Phi) is 6.37. The molecule has 0 N–H and O–H groups in total. The predicted molar refractivity (Wildman–Crippen MR) is 49.2 cm³/mol. The second-order valence-electron chi connectivity index (χ2n) is 2.42. The van der Waals surface area contributed by atoms with E-state index >= 15 is 0 Å². The molecule has 0 aliphatic heterocycles. The van der Waals surface area contributed by atoms with Gasteiger partial charge in [-0.2, -0.15) is 0 Å². The van der Waals surface area contributed by atoms with Gasteiger partial charge in [0.05, 0.1) is 0 Å². The number of hydrogen-bond donors (Lipinski definition) is 0. The minimum atomic E-state index is -1.21. The normalized spacial score (nSPS) is 8.83. The van der Waals surface area contributed by atoms with Gasteiger partial charge in [-0.25, -0.2) is 0 Å². The Morgan fingerprint density at radius 1 is 1.50 bits per heavy atom. The molecule has 5 heteroatoms. The minimum absolute atomic E-state index is 0.975. The van der Waals surface area contributed by atoms with Crippen LogP contribution in [0.2, 0.25) is 0 Å². The molecule has 1 aromatic rings. The molecule has 0 aliphatic carbocycles. The first-order valence-corrected chi connectivity index (χ1v) is 23.5. The third kappa shape index (κ3) is 3.23. The van der Waals surface area contributed by atoms with Crippen molar-refractivity contribution in [3.63, 3.8) is 0 Å². The number of allylic oxidation sites excluding steroid dienone is 1. The number of halogens is 2. The van der Waals surface area contributed by atoms with Crippen molar-refractivity contribution >= 4 is 32.6 Å². The van der Waals surface area contributed by atoms with E-state index in [9.17, 15) is 0 Å².